The van der Waals surface area contributed by atoms with Gasteiger partial charge in [-0.3, -0.25) is 5.73 Å². The first kappa shape index (κ1) is 12.6. The van der Waals surface area contributed by atoms with Crippen LogP contribution >= 0.6 is 0 Å². The molecule has 2 heteroatoms. The Morgan fingerprint density at radius 1 is 1.05 bits per heavy atom. The summed E-state index contributed by atoms with van der Waals surface area (Å²) in [5, 5.41) is 10.9. The fourth-order valence-electron chi connectivity index (χ4n) is 3.32. The van der Waals surface area contributed by atoms with E-state index in [0.717, 1.165) is 30.4 Å². The van der Waals surface area contributed by atoms with Crippen LogP contribution in [0.2, 0.25) is 0 Å². The molecule has 2 aliphatic rings. The van der Waals surface area contributed by atoms with Crippen LogP contribution in [0.3, 0.4) is 0 Å². The molecule has 0 saturated carbocycles. The van der Waals surface area contributed by atoms with Gasteiger partial charge in [0.05, 0.1) is 0 Å². The highest BCUT2D eigenvalue weighted by Gasteiger charge is 2.39. The fraction of sp³-hybridized carbons (Fsp3) is 0.412. The molecular formula is C17H21NO. The van der Waals surface area contributed by atoms with Crippen LogP contribution in [0.15, 0.2) is 53.6 Å². The molecule has 0 amide bonds. The van der Waals surface area contributed by atoms with E-state index in [0.29, 0.717) is 0 Å². The van der Waals surface area contributed by atoms with Crippen LogP contribution in [0, 0.1) is 0 Å². The van der Waals surface area contributed by atoms with Gasteiger partial charge in [-0.15, -0.1) is 0 Å². The molecule has 0 radical (unpaired) electrons. The van der Waals surface area contributed by atoms with E-state index in [4.69, 9.17) is 5.73 Å². The third-order valence-corrected chi connectivity index (χ3v) is 4.37. The molecule has 19 heavy (non-hydrogen) atoms. The topological polar surface area (TPSA) is 46.2 Å². The first-order valence-electron chi connectivity index (χ1n) is 7.16. The van der Waals surface area contributed by atoms with Gasteiger partial charge in [0.15, 0.2) is 0 Å². The maximum atomic E-state index is 10.9. The second-order valence-electron chi connectivity index (χ2n) is 5.64. The molecule has 2 atom stereocenters. The Kier molecular flexibility index (Phi) is 3.29. The number of allylic oxidation sites excluding steroid dienone is 2. The summed E-state index contributed by atoms with van der Waals surface area (Å²) >= 11 is 0. The average molecular weight is 255 g/mol. The Bertz CT molecular complexity index is 513. The molecule has 3 rings (SSSR count). The predicted molar refractivity (Wildman–Crippen MR) is 77.6 cm³/mol. The maximum Gasteiger partial charge on any atom is 0.146 e. The molecule has 100 valence electrons. The number of benzene rings is 1. The molecule has 0 aliphatic heterocycles. The van der Waals surface area contributed by atoms with Crippen molar-refractivity contribution >= 4 is 0 Å². The van der Waals surface area contributed by atoms with Crippen molar-refractivity contribution in [3.8, 4) is 0 Å². The predicted octanol–water partition coefficient (Wildman–Crippen LogP) is 3.25. The van der Waals surface area contributed by atoms with E-state index in [2.05, 4.69) is 12.2 Å². The summed E-state index contributed by atoms with van der Waals surface area (Å²) in [6.45, 7) is 0. The zero-order chi connectivity index (χ0) is 13.3. The third-order valence-electron chi connectivity index (χ3n) is 4.37. The Labute approximate surface area is 114 Å². The van der Waals surface area contributed by atoms with Crippen molar-refractivity contribution in [2.24, 2.45) is 5.73 Å². The van der Waals surface area contributed by atoms with Gasteiger partial charge in [-0.05, 0) is 42.4 Å². The van der Waals surface area contributed by atoms with Gasteiger partial charge < -0.3 is 5.11 Å². The van der Waals surface area contributed by atoms with E-state index >= 15 is 0 Å². The summed E-state index contributed by atoms with van der Waals surface area (Å²) < 4.78 is 0. The van der Waals surface area contributed by atoms with E-state index < -0.39 is 5.72 Å². The van der Waals surface area contributed by atoms with Gasteiger partial charge in [-0.2, -0.15) is 0 Å². The van der Waals surface area contributed by atoms with Gasteiger partial charge in [-0.1, -0.05) is 48.9 Å². The zero-order valence-electron chi connectivity index (χ0n) is 11.2. The van der Waals surface area contributed by atoms with E-state index in [1.54, 1.807) is 0 Å². The standard InChI is InChI=1S/C17H21NO/c18-17(19)15-10-6-2-5-9-14(15)11-12-16(17)13-7-3-1-4-8-13/h1,3-4,7-8,11-12,16,19H,2,5-6,9-10,18H2. The van der Waals surface area contributed by atoms with E-state index in [1.165, 1.54) is 18.4 Å². The highest BCUT2D eigenvalue weighted by molar-refractivity contribution is 5.44. The van der Waals surface area contributed by atoms with Gasteiger partial charge in [0, 0.05) is 5.92 Å². The molecule has 2 nitrogen and oxygen atoms in total. The summed E-state index contributed by atoms with van der Waals surface area (Å²) in [5.74, 6) is -0.134. The molecule has 0 fully saturated rings. The largest absolute Gasteiger partial charge is 0.371 e. The Morgan fingerprint density at radius 3 is 2.58 bits per heavy atom. The molecular weight excluding hydrogens is 234 g/mol. The minimum atomic E-state index is -1.23. The molecule has 0 heterocycles. The van der Waals surface area contributed by atoms with Crippen LogP contribution in [0.1, 0.15) is 43.6 Å². The molecule has 1 aromatic rings. The van der Waals surface area contributed by atoms with Crippen LogP contribution in [0.25, 0.3) is 0 Å². The van der Waals surface area contributed by atoms with Gasteiger partial charge in [0.1, 0.15) is 5.72 Å². The summed E-state index contributed by atoms with van der Waals surface area (Å²) in [4.78, 5) is 0. The third kappa shape index (κ3) is 2.26. The lowest BCUT2D eigenvalue weighted by atomic mass is 9.76. The molecule has 2 unspecified atom stereocenters. The first-order valence-corrected chi connectivity index (χ1v) is 7.16. The lowest BCUT2D eigenvalue weighted by Gasteiger charge is -2.37. The zero-order valence-corrected chi connectivity index (χ0v) is 11.2. The lowest BCUT2D eigenvalue weighted by Crippen LogP contribution is -2.48. The van der Waals surface area contributed by atoms with Gasteiger partial charge in [0.2, 0.25) is 0 Å². The Balaban J connectivity index is 1.99. The monoisotopic (exact) mass is 255 g/mol. The number of hydrogen-bond acceptors (Lipinski definition) is 2. The highest BCUT2D eigenvalue weighted by Crippen LogP contribution is 2.41. The van der Waals surface area contributed by atoms with Crippen LogP contribution in [-0.4, -0.2) is 10.8 Å². The molecule has 0 aromatic heterocycles. The van der Waals surface area contributed by atoms with Crippen LogP contribution < -0.4 is 5.73 Å². The summed E-state index contributed by atoms with van der Waals surface area (Å²) in [6.07, 6.45) is 9.79. The number of hydrogen-bond donors (Lipinski definition) is 2. The van der Waals surface area contributed by atoms with Crippen LogP contribution in [0.4, 0.5) is 0 Å². The summed E-state index contributed by atoms with van der Waals surface area (Å²) in [6, 6.07) is 10.1. The minimum Gasteiger partial charge on any atom is -0.371 e. The average Bonchev–Trinajstić information content (AvgIpc) is 2.66. The van der Waals surface area contributed by atoms with Crippen molar-refractivity contribution in [3.05, 3.63) is 59.2 Å². The quantitative estimate of drug-likeness (QED) is 0.757. The van der Waals surface area contributed by atoms with E-state index in [9.17, 15) is 5.11 Å². The molecule has 1 aromatic carbocycles. The second-order valence-corrected chi connectivity index (χ2v) is 5.64. The van der Waals surface area contributed by atoms with Crippen molar-refractivity contribution in [3.63, 3.8) is 0 Å². The number of rotatable bonds is 1. The SMILES string of the molecule is NC1(O)C2=C(C=CC1c1ccccc1)CCCCC2. The smallest absolute Gasteiger partial charge is 0.146 e. The Hall–Kier alpha value is -1.38. The minimum absolute atomic E-state index is 0.134. The fourth-order valence-corrected chi connectivity index (χ4v) is 3.32. The molecule has 0 spiro atoms. The molecule has 2 aliphatic carbocycles. The van der Waals surface area contributed by atoms with Gasteiger partial charge in [-0.25, -0.2) is 0 Å². The number of nitrogens with two attached hydrogens (primary N) is 1. The van der Waals surface area contributed by atoms with Gasteiger partial charge >= 0.3 is 0 Å². The molecule has 0 bridgehead atoms. The molecule has 0 saturated heterocycles. The number of aliphatic hydroxyl groups is 1. The van der Waals surface area contributed by atoms with Crippen molar-refractivity contribution in [2.75, 3.05) is 0 Å². The molecule has 3 N–H and O–H groups in total. The van der Waals surface area contributed by atoms with Crippen LogP contribution in [0.5, 0.6) is 0 Å². The van der Waals surface area contributed by atoms with Crippen molar-refractivity contribution < 1.29 is 5.11 Å². The summed E-state index contributed by atoms with van der Waals surface area (Å²) in [7, 11) is 0. The van der Waals surface area contributed by atoms with Crippen molar-refractivity contribution in [1.82, 2.24) is 0 Å². The normalized spacial score (nSPS) is 30.9. The van der Waals surface area contributed by atoms with E-state index in [-0.39, 0.29) is 5.92 Å². The lowest BCUT2D eigenvalue weighted by molar-refractivity contribution is 0.0637. The van der Waals surface area contributed by atoms with E-state index in [1.807, 2.05) is 30.3 Å². The first-order chi connectivity index (χ1) is 9.19. The Morgan fingerprint density at radius 2 is 1.79 bits per heavy atom. The van der Waals surface area contributed by atoms with Crippen LogP contribution in [-0.2, 0) is 0 Å². The maximum absolute atomic E-state index is 10.9. The van der Waals surface area contributed by atoms with Crippen molar-refractivity contribution in [1.29, 1.82) is 0 Å². The highest BCUT2D eigenvalue weighted by atomic mass is 16.3. The van der Waals surface area contributed by atoms with Gasteiger partial charge in [0.25, 0.3) is 0 Å². The summed E-state index contributed by atoms with van der Waals surface area (Å²) in [5.41, 5.74) is 8.50. The second kappa shape index (κ2) is 4.95. The van der Waals surface area contributed by atoms with Crippen molar-refractivity contribution in [2.45, 2.75) is 43.7 Å².